The second-order valence-electron chi connectivity index (χ2n) is 4.04. The molecule has 1 N–H and O–H groups in total. The molecule has 0 fully saturated rings. The van der Waals surface area contributed by atoms with Gasteiger partial charge >= 0.3 is 5.69 Å². The van der Waals surface area contributed by atoms with Crippen molar-refractivity contribution in [2.75, 3.05) is 32.2 Å². The van der Waals surface area contributed by atoms with Crippen LogP contribution < -0.4 is 4.90 Å². The van der Waals surface area contributed by atoms with E-state index in [1.54, 1.807) is 21.1 Å². The summed E-state index contributed by atoms with van der Waals surface area (Å²) in [6.07, 6.45) is 0.112. The Balaban J connectivity index is 2.88. The molecule has 0 aliphatic heterocycles. The molecule has 0 saturated heterocycles. The Hall–Kier alpha value is -1.18. The summed E-state index contributed by atoms with van der Waals surface area (Å²) in [5.74, 6) is 0. The van der Waals surface area contributed by atoms with E-state index in [1.165, 1.54) is 17.4 Å². The summed E-state index contributed by atoms with van der Waals surface area (Å²) in [7, 11) is 3.43. The van der Waals surface area contributed by atoms with Crippen LogP contribution in [0.5, 0.6) is 0 Å². The maximum absolute atomic E-state index is 11.0. The highest BCUT2D eigenvalue weighted by molar-refractivity contribution is 7.16. The molecule has 102 valence electrons. The van der Waals surface area contributed by atoms with E-state index in [0.29, 0.717) is 23.0 Å². The smallest absolute Gasteiger partial charge is 0.304 e. The third-order valence-corrected chi connectivity index (χ3v) is 3.92. The number of rotatable bonds is 7. The van der Waals surface area contributed by atoms with Gasteiger partial charge in [-0.2, -0.15) is 0 Å². The van der Waals surface area contributed by atoms with Crippen LogP contribution in [0.1, 0.15) is 24.3 Å². The van der Waals surface area contributed by atoms with Gasteiger partial charge in [-0.1, -0.05) is 0 Å². The Morgan fingerprint density at radius 2 is 2.33 bits per heavy atom. The molecule has 0 bridgehead atoms. The number of aliphatic hydroxyl groups excluding tert-OH is 1. The van der Waals surface area contributed by atoms with E-state index in [1.807, 2.05) is 4.90 Å². The van der Waals surface area contributed by atoms with Crippen molar-refractivity contribution in [1.82, 2.24) is 0 Å². The van der Waals surface area contributed by atoms with Crippen LogP contribution >= 0.6 is 11.3 Å². The largest absolute Gasteiger partial charge is 0.388 e. The monoisotopic (exact) mass is 274 g/mol. The lowest BCUT2D eigenvalue weighted by molar-refractivity contribution is -0.383. The zero-order valence-electron chi connectivity index (χ0n) is 10.8. The first kappa shape index (κ1) is 14.9. The molecule has 1 heterocycles. The highest BCUT2D eigenvalue weighted by Crippen LogP contribution is 2.39. The van der Waals surface area contributed by atoms with Gasteiger partial charge in [-0.25, -0.2) is 0 Å². The topological polar surface area (TPSA) is 75.8 Å². The molecule has 7 heteroatoms. The van der Waals surface area contributed by atoms with Gasteiger partial charge < -0.3 is 14.7 Å². The van der Waals surface area contributed by atoms with Gasteiger partial charge in [-0.3, -0.25) is 10.1 Å². The predicted molar refractivity (Wildman–Crippen MR) is 71.4 cm³/mol. The normalized spacial score (nSPS) is 12.4. The van der Waals surface area contributed by atoms with Gasteiger partial charge in [0.15, 0.2) is 5.00 Å². The standard InChI is InChI=1S/C11H18N2O4S/c1-8(14)10-7-9(13(15)16)11(18-10)12(2)5-4-6-17-3/h7-8,14H,4-6H2,1-3H3. The lowest BCUT2D eigenvalue weighted by Gasteiger charge is -2.16. The van der Waals surface area contributed by atoms with Crippen molar-refractivity contribution in [2.45, 2.75) is 19.4 Å². The van der Waals surface area contributed by atoms with E-state index >= 15 is 0 Å². The number of anilines is 1. The van der Waals surface area contributed by atoms with Crippen molar-refractivity contribution in [2.24, 2.45) is 0 Å². The van der Waals surface area contributed by atoms with Crippen LogP contribution in [0.2, 0.25) is 0 Å². The Labute approximate surface area is 110 Å². The molecule has 1 rings (SSSR count). The molecule has 18 heavy (non-hydrogen) atoms. The van der Waals surface area contributed by atoms with E-state index in [-0.39, 0.29) is 5.69 Å². The summed E-state index contributed by atoms with van der Waals surface area (Å²) in [6, 6.07) is 1.44. The van der Waals surface area contributed by atoms with Crippen LogP contribution in [0.3, 0.4) is 0 Å². The van der Waals surface area contributed by atoms with Crippen molar-refractivity contribution in [3.05, 3.63) is 21.1 Å². The Bertz CT molecular complexity index is 406. The number of methoxy groups -OCH3 is 1. The molecule has 0 radical (unpaired) electrons. The molecule has 0 spiro atoms. The Morgan fingerprint density at radius 1 is 1.67 bits per heavy atom. The number of nitro groups is 1. The molecule has 0 saturated carbocycles. The van der Waals surface area contributed by atoms with Crippen LogP contribution in [0.25, 0.3) is 0 Å². The average molecular weight is 274 g/mol. The Morgan fingerprint density at radius 3 is 2.83 bits per heavy atom. The molecular formula is C11H18N2O4S. The van der Waals surface area contributed by atoms with Crippen molar-refractivity contribution in [3.63, 3.8) is 0 Å². The second kappa shape index (κ2) is 6.67. The predicted octanol–water partition coefficient (Wildman–Crippen LogP) is 2.18. The third-order valence-electron chi connectivity index (χ3n) is 2.51. The minimum Gasteiger partial charge on any atom is -0.388 e. The first-order valence-electron chi connectivity index (χ1n) is 5.63. The van der Waals surface area contributed by atoms with Gasteiger partial charge in [0.1, 0.15) is 0 Å². The molecule has 1 aromatic rings. The SMILES string of the molecule is COCCCN(C)c1sc(C(C)O)cc1[N+](=O)[O-]. The highest BCUT2D eigenvalue weighted by Gasteiger charge is 2.23. The summed E-state index contributed by atoms with van der Waals surface area (Å²) < 4.78 is 4.95. The van der Waals surface area contributed by atoms with Gasteiger partial charge in [-0.15, -0.1) is 11.3 Å². The summed E-state index contributed by atoms with van der Waals surface area (Å²) in [5, 5.41) is 21.0. The molecule has 1 unspecified atom stereocenters. The number of ether oxygens (including phenoxy) is 1. The van der Waals surface area contributed by atoms with E-state index in [0.717, 1.165) is 6.42 Å². The van der Waals surface area contributed by atoms with Crippen molar-refractivity contribution < 1.29 is 14.8 Å². The van der Waals surface area contributed by atoms with Crippen molar-refractivity contribution >= 4 is 22.0 Å². The van der Waals surface area contributed by atoms with Gasteiger partial charge in [0.05, 0.1) is 11.0 Å². The van der Waals surface area contributed by atoms with Gasteiger partial charge in [0, 0.05) is 38.3 Å². The minimum atomic E-state index is -0.685. The Kier molecular flexibility index (Phi) is 5.52. The molecule has 0 amide bonds. The maximum atomic E-state index is 11.0. The highest BCUT2D eigenvalue weighted by atomic mass is 32.1. The van der Waals surface area contributed by atoms with Crippen molar-refractivity contribution in [3.8, 4) is 0 Å². The lowest BCUT2D eigenvalue weighted by Crippen LogP contribution is -2.19. The zero-order chi connectivity index (χ0) is 13.7. The fraction of sp³-hybridized carbons (Fsp3) is 0.636. The number of aliphatic hydroxyl groups is 1. The quantitative estimate of drug-likeness (QED) is 0.468. The third kappa shape index (κ3) is 3.66. The molecule has 0 aromatic carbocycles. The average Bonchev–Trinajstić information content (AvgIpc) is 2.74. The fourth-order valence-electron chi connectivity index (χ4n) is 1.55. The molecule has 1 atom stereocenters. The number of hydrogen-bond acceptors (Lipinski definition) is 6. The van der Waals surface area contributed by atoms with Crippen molar-refractivity contribution in [1.29, 1.82) is 0 Å². The molecule has 0 aliphatic rings. The summed E-state index contributed by atoms with van der Waals surface area (Å²) in [4.78, 5) is 13.0. The molecule has 6 nitrogen and oxygen atoms in total. The van der Waals surface area contributed by atoms with E-state index in [2.05, 4.69) is 0 Å². The van der Waals surface area contributed by atoms with E-state index in [9.17, 15) is 15.2 Å². The van der Waals surface area contributed by atoms with E-state index in [4.69, 9.17) is 4.74 Å². The van der Waals surface area contributed by atoms with Gasteiger partial charge in [0.2, 0.25) is 0 Å². The number of hydrogen-bond donors (Lipinski definition) is 1. The van der Waals surface area contributed by atoms with Gasteiger partial charge in [0.25, 0.3) is 0 Å². The van der Waals surface area contributed by atoms with Crippen LogP contribution in [-0.2, 0) is 4.74 Å². The zero-order valence-corrected chi connectivity index (χ0v) is 11.6. The number of thiophene rings is 1. The van der Waals surface area contributed by atoms with E-state index < -0.39 is 11.0 Å². The summed E-state index contributed by atoms with van der Waals surface area (Å²) in [6.45, 7) is 2.89. The minimum absolute atomic E-state index is 0.0517. The molecule has 1 aromatic heterocycles. The fourth-order valence-corrected chi connectivity index (χ4v) is 2.60. The maximum Gasteiger partial charge on any atom is 0.304 e. The molecular weight excluding hydrogens is 256 g/mol. The van der Waals surface area contributed by atoms with Crippen LogP contribution in [-0.4, -0.2) is 37.3 Å². The van der Waals surface area contributed by atoms with Crippen LogP contribution in [0, 0.1) is 10.1 Å². The lowest BCUT2D eigenvalue weighted by atomic mass is 10.3. The second-order valence-corrected chi connectivity index (χ2v) is 5.10. The summed E-state index contributed by atoms with van der Waals surface area (Å²) >= 11 is 1.26. The van der Waals surface area contributed by atoms with Crippen LogP contribution in [0.4, 0.5) is 10.7 Å². The van der Waals surface area contributed by atoms with Crippen LogP contribution in [0.15, 0.2) is 6.07 Å². The first-order valence-corrected chi connectivity index (χ1v) is 6.45. The van der Waals surface area contributed by atoms with Gasteiger partial charge in [-0.05, 0) is 13.3 Å². The first-order chi connectivity index (χ1) is 8.47. The number of nitrogens with zero attached hydrogens (tertiary/aromatic N) is 2. The molecule has 0 aliphatic carbocycles. The summed E-state index contributed by atoms with van der Waals surface area (Å²) in [5.41, 5.74) is 0.0517.